The lowest BCUT2D eigenvalue weighted by Crippen LogP contribution is -2.44. The smallest absolute Gasteiger partial charge is 0.339 e. The molecule has 39 heavy (non-hydrogen) atoms. The van der Waals surface area contributed by atoms with Crippen molar-refractivity contribution in [1.29, 1.82) is 0 Å². The quantitative estimate of drug-likeness (QED) is 0.341. The molecule has 6 nitrogen and oxygen atoms in total. The molecule has 0 fully saturated rings. The zero-order chi connectivity index (χ0) is 28.3. The standard InChI is InChI=1S/C31H34BrNO5S/c1-6-33-22-15-30(2,3)17-24(34)28(22)27(29-23(33)16-31(4,5)18-25(29)35)21-14-19(32)12-13-26(21)38-39(36,37)20-10-8-7-9-11-20/h7-14,27H,6,15-18H2,1-5H3. The van der Waals surface area contributed by atoms with Gasteiger partial charge in [0.05, 0.1) is 0 Å². The first-order valence-corrected chi connectivity index (χ1v) is 15.5. The molecule has 0 saturated heterocycles. The summed E-state index contributed by atoms with van der Waals surface area (Å²) in [6, 6.07) is 13.1. The van der Waals surface area contributed by atoms with Crippen molar-refractivity contribution in [3.63, 3.8) is 0 Å². The normalized spacial score (nSPS) is 21.1. The van der Waals surface area contributed by atoms with Crippen LogP contribution in [0.15, 0.2) is 80.4 Å². The summed E-state index contributed by atoms with van der Waals surface area (Å²) in [7, 11) is -4.15. The molecule has 0 spiro atoms. The van der Waals surface area contributed by atoms with Gasteiger partial charge in [0.25, 0.3) is 0 Å². The number of nitrogens with zero attached hydrogens (tertiary/aromatic N) is 1. The van der Waals surface area contributed by atoms with E-state index in [2.05, 4.69) is 48.5 Å². The van der Waals surface area contributed by atoms with Gasteiger partial charge < -0.3 is 9.08 Å². The Morgan fingerprint density at radius 1 is 0.872 bits per heavy atom. The molecule has 0 radical (unpaired) electrons. The lowest BCUT2D eigenvalue weighted by molar-refractivity contribution is -0.119. The van der Waals surface area contributed by atoms with Crippen molar-refractivity contribution in [2.24, 2.45) is 10.8 Å². The van der Waals surface area contributed by atoms with Crippen LogP contribution in [0.3, 0.4) is 0 Å². The van der Waals surface area contributed by atoms with Gasteiger partial charge in [-0.05, 0) is 60.9 Å². The third kappa shape index (κ3) is 5.13. The number of carbonyl (C=O) groups is 2. The maximum atomic E-state index is 13.9. The third-order valence-corrected chi connectivity index (χ3v) is 9.59. The van der Waals surface area contributed by atoms with E-state index in [9.17, 15) is 18.0 Å². The van der Waals surface area contributed by atoms with Crippen LogP contribution in [0.25, 0.3) is 0 Å². The van der Waals surface area contributed by atoms with Gasteiger partial charge in [0, 0.05) is 57.9 Å². The van der Waals surface area contributed by atoms with Crippen molar-refractivity contribution in [2.75, 3.05) is 6.54 Å². The van der Waals surface area contributed by atoms with Crippen LogP contribution >= 0.6 is 15.9 Å². The summed E-state index contributed by atoms with van der Waals surface area (Å²) in [5.74, 6) is -0.606. The van der Waals surface area contributed by atoms with Gasteiger partial charge in [-0.15, -0.1) is 0 Å². The Morgan fingerprint density at radius 2 is 1.41 bits per heavy atom. The van der Waals surface area contributed by atoms with Crippen molar-refractivity contribution < 1.29 is 22.2 Å². The molecule has 2 aromatic rings. The van der Waals surface area contributed by atoms with Crippen LogP contribution in [-0.2, 0) is 19.7 Å². The zero-order valence-corrected chi connectivity index (χ0v) is 25.4. The number of allylic oxidation sites excluding steroid dienone is 4. The molecular weight excluding hydrogens is 578 g/mol. The predicted octanol–water partition coefficient (Wildman–Crippen LogP) is 6.92. The second kappa shape index (κ2) is 9.73. The van der Waals surface area contributed by atoms with E-state index in [1.165, 1.54) is 12.1 Å². The summed E-state index contributed by atoms with van der Waals surface area (Å²) < 4.78 is 33.0. The third-order valence-electron chi connectivity index (χ3n) is 7.85. The summed E-state index contributed by atoms with van der Waals surface area (Å²) >= 11 is 3.54. The van der Waals surface area contributed by atoms with Crippen LogP contribution < -0.4 is 4.18 Å². The Morgan fingerprint density at radius 3 is 1.92 bits per heavy atom. The second-order valence-electron chi connectivity index (χ2n) is 12.3. The van der Waals surface area contributed by atoms with E-state index in [1.54, 1.807) is 36.4 Å². The lowest BCUT2D eigenvalue weighted by atomic mass is 9.63. The van der Waals surface area contributed by atoms with E-state index in [0.29, 0.717) is 53.4 Å². The van der Waals surface area contributed by atoms with E-state index >= 15 is 0 Å². The first-order valence-electron chi connectivity index (χ1n) is 13.3. The van der Waals surface area contributed by atoms with Gasteiger partial charge in [0.1, 0.15) is 10.6 Å². The minimum Gasteiger partial charge on any atom is -0.379 e. The molecule has 5 rings (SSSR count). The molecule has 0 bridgehead atoms. The van der Waals surface area contributed by atoms with Crippen LogP contribution in [-0.4, -0.2) is 31.4 Å². The molecule has 1 aliphatic heterocycles. The van der Waals surface area contributed by atoms with Crippen molar-refractivity contribution >= 4 is 37.6 Å². The van der Waals surface area contributed by atoms with Crippen molar-refractivity contribution in [3.05, 3.63) is 81.1 Å². The second-order valence-corrected chi connectivity index (χ2v) is 14.8. The minimum absolute atomic E-state index is 0.00859. The summed E-state index contributed by atoms with van der Waals surface area (Å²) in [6.45, 7) is 11.1. The lowest BCUT2D eigenvalue weighted by Gasteiger charge is -2.49. The Labute approximate surface area is 239 Å². The average molecular weight is 613 g/mol. The highest BCUT2D eigenvalue weighted by atomic mass is 79.9. The fourth-order valence-electron chi connectivity index (χ4n) is 6.31. The highest BCUT2D eigenvalue weighted by molar-refractivity contribution is 9.10. The van der Waals surface area contributed by atoms with E-state index < -0.39 is 16.0 Å². The summed E-state index contributed by atoms with van der Waals surface area (Å²) in [4.78, 5) is 30.0. The molecule has 0 amide bonds. The van der Waals surface area contributed by atoms with Gasteiger partial charge >= 0.3 is 10.1 Å². The number of rotatable bonds is 5. The molecule has 0 atom stereocenters. The summed E-state index contributed by atoms with van der Waals surface area (Å²) in [6.07, 6.45) is 2.09. The van der Waals surface area contributed by atoms with E-state index in [4.69, 9.17) is 4.18 Å². The summed E-state index contributed by atoms with van der Waals surface area (Å²) in [5, 5.41) is 0. The van der Waals surface area contributed by atoms with Crippen LogP contribution in [0.2, 0.25) is 0 Å². The summed E-state index contributed by atoms with van der Waals surface area (Å²) in [5.41, 5.74) is 3.09. The number of hydrogen-bond donors (Lipinski definition) is 0. The SMILES string of the molecule is CCN1C2=C(C(=O)CC(C)(C)C2)C(c2cc(Br)ccc2OS(=O)(=O)c2ccccc2)C2=C1CC(C)(C)CC2=O. The van der Waals surface area contributed by atoms with Crippen LogP contribution in [0, 0.1) is 10.8 Å². The highest BCUT2D eigenvalue weighted by Gasteiger charge is 2.49. The van der Waals surface area contributed by atoms with Gasteiger partial charge in [-0.2, -0.15) is 8.42 Å². The maximum Gasteiger partial charge on any atom is 0.339 e. The monoisotopic (exact) mass is 611 g/mol. The number of halogens is 1. The van der Waals surface area contributed by atoms with Crippen molar-refractivity contribution in [3.8, 4) is 5.75 Å². The van der Waals surface area contributed by atoms with E-state index in [0.717, 1.165) is 11.4 Å². The van der Waals surface area contributed by atoms with Gasteiger partial charge in [0.15, 0.2) is 11.6 Å². The molecule has 0 aromatic heterocycles. The number of benzene rings is 2. The number of ketones is 2. The maximum absolute atomic E-state index is 13.9. The van der Waals surface area contributed by atoms with Crippen molar-refractivity contribution in [2.45, 2.75) is 71.1 Å². The molecule has 2 aliphatic carbocycles. The number of carbonyl (C=O) groups excluding carboxylic acids is 2. The Balaban J connectivity index is 1.76. The van der Waals surface area contributed by atoms with Crippen LogP contribution in [0.4, 0.5) is 0 Å². The fourth-order valence-corrected chi connectivity index (χ4v) is 7.67. The Hall–Kier alpha value is -2.71. The molecular formula is C31H34BrNO5S. The van der Waals surface area contributed by atoms with Gasteiger partial charge in [-0.1, -0.05) is 61.8 Å². The molecule has 2 aromatic carbocycles. The first-order chi connectivity index (χ1) is 18.2. The minimum atomic E-state index is -4.15. The number of Topliss-reactive ketones (excluding diaryl/α,β-unsaturated/α-hetero) is 2. The highest BCUT2D eigenvalue weighted by Crippen LogP contribution is 2.55. The predicted molar refractivity (Wildman–Crippen MR) is 154 cm³/mol. The van der Waals surface area contributed by atoms with Crippen LogP contribution in [0.5, 0.6) is 5.75 Å². The topological polar surface area (TPSA) is 80.8 Å². The van der Waals surface area contributed by atoms with Crippen molar-refractivity contribution in [1.82, 2.24) is 4.90 Å². The molecule has 8 heteroatoms. The fraction of sp³-hybridized carbons (Fsp3) is 0.419. The molecule has 0 saturated carbocycles. The molecule has 1 heterocycles. The Bertz CT molecular complexity index is 1480. The molecule has 0 unspecified atom stereocenters. The first kappa shape index (κ1) is 27.8. The van der Waals surface area contributed by atoms with Gasteiger partial charge in [0.2, 0.25) is 0 Å². The molecule has 3 aliphatic rings. The van der Waals surface area contributed by atoms with E-state index in [-0.39, 0.29) is 33.0 Å². The average Bonchev–Trinajstić information content (AvgIpc) is 2.83. The largest absolute Gasteiger partial charge is 0.379 e. The number of hydrogen-bond acceptors (Lipinski definition) is 6. The zero-order valence-electron chi connectivity index (χ0n) is 23.0. The van der Waals surface area contributed by atoms with Gasteiger partial charge in [-0.25, -0.2) is 0 Å². The van der Waals surface area contributed by atoms with Crippen LogP contribution in [0.1, 0.15) is 71.8 Å². The van der Waals surface area contributed by atoms with E-state index in [1.807, 2.05) is 6.92 Å². The van der Waals surface area contributed by atoms with Gasteiger partial charge in [-0.3, -0.25) is 9.59 Å². The Kier molecular flexibility index (Phi) is 6.95. The molecule has 0 N–H and O–H groups in total. The molecule has 206 valence electrons.